The van der Waals surface area contributed by atoms with E-state index in [2.05, 4.69) is 5.32 Å². The van der Waals surface area contributed by atoms with Crippen LogP contribution in [-0.2, 0) is 0 Å². The molecule has 1 aliphatic heterocycles. The van der Waals surface area contributed by atoms with E-state index >= 15 is 0 Å². The fourth-order valence-electron chi connectivity index (χ4n) is 1.29. The third-order valence-corrected chi connectivity index (χ3v) is 2.03. The lowest BCUT2D eigenvalue weighted by molar-refractivity contribution is 0.335. The number of anilines is 1. The number of para-hydroxylation sites is 1. The molecule has 2 rings (SSSR count). The number of hydrogen-bond acceptors (Lipinski definition) is 2. The minimum absolute atomic E-state index is 0.0670. The van der Waals surface area contributed by atoms with E-state index in [4.69, 9.17) is 5.11 Å². The minimum atomic E-state index is 0.0670. The van der Waals surface area contributed by atoms with Crippen LogP contribution in [0.25, 0.3) is 6.08 Å². The van der Waals surface area contributed by atoms with Crippen molar-refractivity contribution in [2.45, 2.75) is 0 Å². The van der Waals surface area contributed by atoms with Crippen molar-refractivity contribution in [1.82, 2.24) is 0 Å². The van der Waals surface area contributed by atoms with E-state index in [9.17, 15) is 0 Å². The zero-order valence-electron chi connectivity index (χ0n) is 7.20. The number of aliphatic hydroxyl groups excluding tert-OH is 1. The summed E-state index contributed by atoms with van der Waals surface area (Å²) < 4.78 is 0. The largest absolute Gasteiger partial charge is 0.392 e. The zero-order chi connectivity index (χ0) is 9.10. The van der Waals surface area contributed by atoms with Crippen LogP contribution in [0.15, 0.2) is 42.1 Å². The standard InChI is InChI=1S/C11H11NO/c13-8-9-5-6-10-3-1-2-4-11(10)12-7-9/h1-7,12-13H,8H2. The van der Waals surface area contributed by atoms with Gasteiger partial charge in [0.2, 0.25) is 0 Å². The summed E-state index contributed by atoms with van der Waals surface area (Å²) in [6.45, 7) is 0.0670. The van der Waals surface area contributed by atoms with Crippen LogP contribution < -0.4 is 5.32 Å². The Bertz CT molecular complexity index is 366. The van der Waals surface area contributed by atoms with Gasteiger partial charge in [-0.25, -0.2) is 0 Å². The molecule has 0 spiro atoms. The van der Waals surface area contributed by atoms with Crippen molar-refractivity contribution in [1.29, 1.82) is 0 Å². The van der Waals surface area contributed by atoms with Gasteiger partial charge >= 0.3 is 0 Å². The van der Waals surface area contributed by atoms with Crippen LogP contribution in [0.5, 0.6) is 0 Å². The number of nitrogens with one attached hydrogen (secondary N) is 1. The van der Waals surface area contributed by atoms with Gasteiger partial charge in [0.1, 0.15) is 0 Å². The first-order valence-corrected chi connectivity index (χ1v) is 4.24. The Balaban J connectivity index is 2.39. The van der Waals surface area contributed by atoms with Crippen molar-refractivity contribution in [2.75, 3.05) is 11.9 Å². The Morgan fingerprint density at radius 2 is 2.00 bits per heavy atom. The molecule has 0 amide bonds. The second-order valence-corrected chi connectivity index (χ2v) is 2.94. The van der Waals surface area contributed by atoms with Crippen molar-refractivity contribution in [3.8, 4) is 0 Å². The van der Waals surface area contributed by atoms with Crippen molar-refractivity contribution in [3.05, 3.63) is 47.7 Å². The Labute approximate surface area is 77.2 Å². The maximum Gasteiger partial charge on any atom is 0.0695 e. The highest BCUT2D eigenvalue weighted by Crippen LogP contribution is 2.20. The highest BCUT2D eigenvalue weighted by atomic mass is 16.3. The molecule has 1 aliphatic rings. The molecule has 2 N–H and O–H groups in total. The van der Waals surface area contributed by atoms with Gasteiger partial charge in [-0.3, -0.25) is 0 Å². The Morgan fingerprint density at radius 1 is 1.15 bits per heavy atom. The fraction of sp³-hybridized carbons (Fsp3) is 0.0909. The molecule has 0 bridgehead atoms. The van der Waals surface area contributed by atoms with E-state index < -0.39 is 0 Å². The molecule has 0 saturated heterocycles. The molecule has 1 aromatic carbocycles. The molecule has 13 heavy (non-hydrogen) atoms. The van der Waals surface area contributed by atoms with E-state index in [-0.39, 0.29) is 6.61 Å². The molecular weight excluding hydrogens is 162 g/mol. The molecule has 0 unspecified atom stereocenters. The summed E-state index contributed by atoms with van der Waals surface area (Å²) in [6, 6.07) is 8.02. The second kappa shape index (κ2) is 3.46. The summed E-state index contributed by atoms with van der Waals surface area (Å²) in [6.07, 6.45) is 5.73. The predicted octanol–water partition coefficient (Wildman–Crippen LogP) is 2.00. The van der Waals surface area contributed by atoms with E-state index in [1.807, 2.05) is 42.6 Å². The van der Waals surface area contributed by atoms with E-state index in [1.165, 1.54) is 0 Å². The minimum Gasteiger partial charge on any atom is -0.392 e. The first-order valence-electron chi connectivity index (χ1n) is 4.24. The van der Waals surface area contributed by atoms with Crippen molar-refractivity contribution in [2.24, 2.45) is 0 Å². The molecule has 0 aromatic heterocycles. The third-order valence-electron chi connectivity index (χ3n) is 2.03. The summed E-state index contributed by atoms with van der Waals surface area (Å²) in [7, 11) is 0. The van der Waals surface area contributed by atoms with E-state index in [0.717, 1.165) is 16.8 Å². The molecule has 0 radical (unpaired) electrons. The molecule has 2 heteroatoms. The Morgan fingerprint density at radius 3 is 2.85 bits per heavy atom. The zero-order valence-corrected chi connectivity index (χ0v) is 7.20. The van der Waals surface area contributed by atoms with Gasteiger partial charge in [-0.15, -0.1) is 0 Å². The van der Waals surface area contributed by atoms with Crippen molar-refractivity contribution >= 4 is 11.8 Å². The Hall–Kier alpha value is -1.54. The highest BCUT2D eigenvalue weighted by molar-refractivity contribution is 5.70. The fourth-order valence-corrected chi connectivity index (χ4v) is 1.29. The summed E-state index contributed by atoms with van der Waals surface area (Å²) >= 11 is 0. The van der Waals surface area contributed by atoms with Crippen molar-refractivity contribution < 1.29 is 5.11 Å². The summed E-state index contributed by atoms with van der Waals surface area (Å²) in [4.78, 5) is 0. The van der Waals surface area contributed by atoms with Gasteiger partial charge in [-0.2, -0.15) is 0 Å². The van der Waals surface area contributed by atoms with E-state index in [0.29, 0.717) is 0 Å². The van der Waals surface area contributed by atoms with Crippen LogP contribution in [0.2, 0.25) is 0 Å². The summed E-state index contributed by atoms with van der Waals surface area (Å²) in [5, 5.41) is 12.1. The smallest absolute Gasteiger partial charge is 0.0695 e. The van der Waals surface area contributed by atoms with Crippen LogP contribution in [-0.4, -0.2) is 11.7 Å². The number of hydrogen-bond donors (Lipinski definition) is 2. The van der Waals surface area contributed by atoms with Crippen LogP contribution in [0.1, 0.15) is 5.56 Å². The monoisotopic (exact) mass is 173 g/mol. The number of fused-ring (bicyclic) bond motifs is 1. The van der Waals surface area contributed by atoms with Crippen LogP contribution in [0.3, 0.4) is 0 Å². The maximum absolute atomic E-state index is 8.94. The lowest BCUT2D eigenvalue weighted by Crippen LogP contribution is -1.92. The van der Waals surface area contributed by atoms with Crippen LogP contribution in [0, 0.1) is 0 Å². The molecular formula is C11H11NO. The lowest BCUT2D eigenvalue weighted by Gasteiger charge is -2.02. The summed E-state index contributed by atoms with van der Waals surface area (Å²) in [5.41, 5.74) is 3.10. The third kappa shape index (κ3) is 1.63. The average molecular weight is 173 g/mol. The topological polar surface area (TPSA) is 32.3 Å². The van der Waals surface area contributed by atoms with Gasteiger partial charge in [-0.05, 0) is 17.2 Å². The van der Waals surface area contributed by atoms with Gasteiger partial charge in [0.05, 0.1) is 6.61 Å². The normalized spacial score (nSPS) is 14.1. The SMILES string of the molecule is OCC1=CNc2ccccc2C=C1. The number of benzene rings is 1. The van der Waals surface area contributed by atoms with Crippen LogP contribution >= 0.6 is 0 Å². The molecule has 0 atom stereocenters. The first-order chi connectivity index (χ1) is 6.40. The molecule has 0 aliphatic carbocycles. The van der Waals surface area contributed by atoms with Gasteiger partial charge in [-0.1, -0.05) is 30.4 Å². The van der Waals surface area contributed by atoms with Gasteiger partial charge in [0.15, 0.2) is 0 Å². The Kier molecular flexibility index (Phi) is 2.15. The van der Waals surface area contributed by atoms with Gasteiger partial charge < -0.3 is 10.4 Å². The average Bonchev–Trinajstić information content (AvgIpc) is 2.39. The maximum atomic E-state index is 8.94. The molecule has 0 saturated carbocycles. The molecule has 1 aromatic rings. The predicted molar refractivity (Wildman–Crippen MR) is 54.3 cm³/mol. The summed E-state index contributed by atoms with van der Waals surface area (Å²) in [5.74, 6) is 0. The lowest BCUT2D eigenvalue weighted by atomic mass is 10.1. The number of aliphatic hydroxyl groups is 1. The second-order valence-electron chi connectivity index (χ2n) is 2.94. The first kappa shape index (κ1) is 8.08. The molecule has 66 valence electrons. The van der Waals surface area contributed by atoms with Crippen molar-refractivity contribution in [3.63, 3.8) is 0 Å². The number of rotatable bonds is 1. The van der Waals surface area contributed by atoms with Gasteiger partial charge in [0, 0.05) is 11.9 Å². The van der Waals surface area contributed by atoms with Crippen LogP contribution in [0.4, 0.5) is 5.69 Å². The quantitative estimate of drug-likeness (QED) is 0.680. The van der Waals surface area contributed by atoms with Gasteiger partial charge in [0.25, 0.3) is 0 Å². The molecule has 1 heterocycles. The molecule has 2 nitrogen and oxygen atoms in total. The molecule has 0 fully saturated rings. The highest BCUT2D eigenvalue weighted by Gasteiger charge is 2.00. The van der Waals surface area contributed by atoms with E-state index in [1.54, 1.807) is 0 Å².